The first-order valence-electron chi connectivity index (χ1n) is 5.73. The third kappa shape index (κ3) is 3.84. The largest absolute Gasteiger partial charge is 0.480 e. The molecule has 1 atom stereocenters. The molecule has 0 spiro atoms. The summed E-state index contributed by atoms with van der Waals surface area (Å²) in [7, 11) is 0. The Balaban J connectivity index is 2.00. The van der Waals surface area contributed by atoms with Gasteiger partial charge in [-0.3, -0.25) is 0 Å². The third-order valence-corrected chi connectivity index (χ3v) is 3.65. The minimum absolute atomic E-state index is 0.0289. The van der Waals surface area contributed by atoms with Crippen LogP contribution in [-0.2, 0) is 4.79 Å². The van der Waals surface area contributed by atoms with Crippen LogP contribution in [0.2, 0.25) is 5.02 Å². The molecule has 3 N–H and O–H groups in total. The molecule has 2 rings (SSSR count). The van der Waals surface area contributed by atoms with Crippen LogP contribution < -0.4 is 10.6 Å². The highest BCUT2D eigenvalue weighted by Crippen LogP contribution is 2.33. The van der Waals surface area contributed by atoms with E-state index < -0.39 is 18.0 Å². The van der Waals surface area contributed by atoms with E-state index in [2.05, 4.69) is 26.6 Å². The van der Waals surface area contributed by atoms with Crippen LogP contribution >= 0.6 is 27.5 Å². The average Bonchev–Trinajstić information content (AvgIpc) is 3.14. The number of carbonyl (C=O) groups is 2. The van der Waals surface area contributed by atoms with Crippen molar-refractivity contribution in [1.29, 1.82) is 0 Å². The molecule has 1 aromatic rings. The minimum Gasteiger partial charge on any atom is -0.480 e. The average molecular weight is 348 g/mol. The summed E-state index contributed by atoms with van der Waals surface area (Å²) in [6.45, 7) is 0. The number of carbonyl (C=O) groups excluding carboxylic acids is 1. The van der Waals surface area contributed by atoms with Crippen molar-refractivity contribution in [3.05, 3.63) is 27.7 Å². The first-order valence-corrected chi connectivity index (χ1v) is 6.90. The van der Waals surface area contributed by atoms with Gasteiger partial charge in [0.25, 0.3) is 0 Å². The van der Waals surface area contributed by atoms with Gasteiger partial charge in [0, 0.05) is 4.47 Å². The summed E-state index contributed by atoms with van der Waals surface area (Å²) in [5, 5.41) is 14.4. The molecule has 1 fully saturated rings. The van der Waals surface area contributed by atoms with E-state index in [1.807, 2.05) is 0 Å². The van der Waals surface area contributed by atoms with Gasteiger partial charge in [-0.05, 0) is 37.0 Å². The predicted molar refractivity (Wildman–Crippen MR) is 75.5 cm³/mol. The van der Waals surface area contributed by atoms with E-state index in [9.17, 15) is 9.59 Å². The molecule has 0 saturated heterocycles. The van der Waals surface area contributed by atoms with E-state index in [0.717, 1.165) is 17.3 Å². The Labute approximate surface area is 123 Å². The first-order chi connectivity index (χ1) is 8.97. The summed E-state index contributed by atoms with van der Waals surface area (Å²) in [5.41, 5.74) is 0.425. The van der Waals surface area contributed by atoms with Crippen LogP contribution in [-0.4, -0.2) is 23.1 Å². The second-order valence-corrected chi connectivity index (χ2v) is 5.70. The number of hydrogen-bond donors (Lipinski definition) is 3. The number of carboxylic acids is 1. The fraction of sp³-hybridized carbons (Fsp3) is 0.333. The van der Waals surface area contributed by atoms with Crippen LogP contribution in [0.25, 0.3) is 0 Å². The number of benzene rings is 1. The van der Waals surface area contributed by atoms with E-state index in [4.69, 9.17) is 16.7 Å². The highest BCUT2D eigenvalue weighted by molar-refractivity contribution is 9.10. The van der Waals surface area contributed by atoms with Gasteiger partial charge in [-0.15, -0.1) is 0 Å². The van der Waals surface area contributed by atoms with Gasteiger partial charge in [0.2, 0.25) is 0 Å². The molecule has 1 aliphatic rings. The molecule has 0 bridgehead atoms. The summed E-state index contributed by atoms with van der Waals surface area (Å²) < 4.78 is 0.768. The summed E-state index contributed by atoms with van der Waals surface area (Å²) in [5.74, 6) is -0.987. The zero-order valence-corrected chi connectivity index (χ0v) is 12.2. The lowest BCUT2D eigenvalue weighted by Crippen LogP contribution is -2.44. The number of urea groups is 1. The van der Waals surface area contributed by atoms with Gasteiger partial charge < -0.3 is 15.7 Å². The van der Waals surface area contributed by atoms with Gasteiger partial charge in [-0.25, -0.2) is 9.59 Å². The molecule has 1 aromatic carbocycles. The SMILES string of the molecule is O=C(Nc1cc(Br)ccc1Cl)NC(C(=O)O)C1CC1. The maximum atomic E-state index is 11.8. The Hall–Kier alpha value is -1.27. The lowest BCUT2D eigenvalue weighted by atomic mass is 10.2. The van der Waals surface area contributed by atoms with Crippen LogP contribution in [0.3, 0.4) is 0 Å². The maximum Gasteiger partial charge on any atom is 0.326 e. The lowest BCUT2D eigenvalue weighted by Gasteiger charge is -2.15. The van der Waals surface area contributed by atoms with Crippen molar-refractivity contribution < 1.29 is 14.7 Å². The van der Waals surface area contributed by atoms with Crippen LogP contribution in [0.15, 0.2) is 22.7 Å². The zero-order valence-electron chi connectivity index (χ0n) is 9.82. The Morgan fingerprint density at radius 1 is 1.42 bits per heavy atom. The summed E-state index contributed by atoms with van der Waals surface area (Å²) >= 11 is 9.20. The predicted octanol–water partition coefficient (Wildman–Crippen LogP) is 3.09. The Bertz CT molecular complexity index is 520. The molecule has 0 aliphatic heterocycles. The molecule has 1 aliphatic carbocycles. The molecule has 7 heteroatoms. The molecule has 19 heavy (non-hydrogen) atoms. The zero-order chi connectivity index (χ0) is 14.0. The number of anilines is 1. The van der Waals surface area contributed by atoms with Crippen LogP contribution in [0.1, 0.15) is 12.8 Å². The number of nitrogens with one attached hydrogen (secondary N) is 2. The number of aliphatic carboxylic acids is 1. The normalized spacial score (nSPS) is 15.7. The lowest BCUT2D eigenvalue weighted by molar-refractivity contribution is -0.139. The Kier molecular flexibility index (Phi) is 4.31. The highest BCUT2D eigenvalue weighted by Gasteiger charge is 2.37. The summed E-state index contributed by atoms with van der Waals surface area (Å²) in [4.78, 5) is 22.8. The molecule has 102 valence electrons. The minimum atomic E-state index is -1.02. The second kappa shape index (κ2) is 5.79. The summed E-state index contributed by atoms with van der Waals surface area (Å²) in [6, 6.07) is 3.62. The van der Waals surface area contributed by atoms with Crippen molar-refractivity contribution >= 4 is 45.2 Å². The van der Waals surface area contributed by atoms with E-state index in [1.54, 1.807) is 18.2 Å². The molecular formula is C12H12BrClN2O3. The van der Waals surface area contributed by atoms with Crippen molar-refractivity contribution in [3.8, 4) is 0 Å². The number of rotatable bonds is 4. The number of hydrogen-bond acceptors (Lipinski definition) is 2. The summed E-state index contributed by atoms with van der Waals surface area (Å²) in [6.07, 6.45) is 1.66. The molecule has 5 nitrogen and oxygen atoms in total. The number of halogens is 2. The Morgan fingerprint density at radius 2 is 2.11 bits per heavy atom. The molecular weight excluding hydrogens is 336 g/mol. The van der Waals surface area contributed by atoms with E-state index in [0.29, 0.717) is 10.7 Å². The standard InChI is InChI=1S/C12H12BrClN2O3/c13-7-3-4-8(14)9(5-7)15-12(19)16-10(11(17)18)6-1-2-6/h3-6,10H,1-2H2,(H,17,18)(H2,15,16,19). The van der Waals surface area contributed by atoms with E-state index >= 15 is 0 Å². The monoisotopic (exact) mass is 346 g/mol. The van der Waals surface area contributed by atoms with Crippen molar-refractivity contribution in [3.63, 3.8) is 0 Å². The fourth-order valence-electron chi connectivity index (χ4n) is 1.70. The van der Waals surface area contributed by atoms with Gasteiger partial charge >= 0.3 is 12.0 Å². The van der Waals surface area contributed by atoms with Crippen molar-refractivity contribution in [1.82, 2.24) is 5.32 Å². The van der Waals surface area contributed by atoms with E-state index in [-0.39, 0.29) is 5.92 Å². The van der Waals surface area contributed by atoms with Crippen molar-refractivity contribution in [2.75, 3.05) is 5.32 Å². The molecule has 0 radical (unpaired) electrons. The van der Waals surface area contributed by atoms with Crippen LogP contribution in [0, 0.1) is 5.92 Å². The van der Waals surface area contributed by atoms with Crippen LogP contribution in [0.4, 0.5) is 10.5 Å². The van der Waals surface area contributed by atoms with Crippen LogP contribution in [0.5, 0.6) is 0 Å². The number of carboxylic acid groups (broad SMARTS) is 1. The van der Waals surface area contributed by atoms with Crippen molar-refractivity contribution in [2.45, 2.75) is 18.9 Å². The topological polar surface area (TPSA) is 78.4 Å². The third-order valence-electron chi connectivity index (χ3n) is 2.82. The van der Waals surface area contributed by atoms with E-state index in [1.165, 1.54) is 0 Å². The highest BCUT2D eigenvalue weighted by atomic mass is 79.9. The molecule has 1 saturated carbocycles. The fourth-order valence-corrected chi connectivity index (χ4v) is 2.23. The smallest absolute Gasteiger partial charge is 0.326 e. The quantitative estimate of drug-likeness (QED) is 0.783. The second-order valence-electron chi connectivity index (χ2n) is 4.38. The van der Waals surface area contributed by atoms with Gasteiger partial charge in [-0.1, -0.05) is 27.5 Å². The molecule has 1 unspecified atom stereocenters. The Morgan fingerprint density at radius 3 is 2.68 bits per heavy atom. The molecule has 2 amide bonds. The maximum absolute atomic E-state index is 11.8. The molecule has 0 heterocycles. The molecule has 0 aromatic heterocycles. The van der Waals surface area contributed by atoms with Crippen molar-refractivity contribution in [2.24, 2.45) is 5.92 Å². The van der Waals surface area contributed by atoms with Gasteiger partial charge in [-0.2, -0.15) is 0 Å². The van der Waals surface area contributed by atoms with Gasteiger partial charge in [0.15, 0.2) is 0 Å². The number of amides is 2. The first kappa shape index (κ1) is 14.1. The van der Waals surface area contributed by atoms with Gasteiger partial charge in [0.05, 0.1) is 10.7 Å². The van der Waals surface area contributed by atoms with Gasteiger partial charge in [0.1, 0.15) is 6.04 Å².